The molecule has 4 aromatic carbocycles. The van der Waals surface area contributed by atoms with Gasteiger partial charge in [0.15, 0.2) is 0 Å². The van der Waals surface area contributed by atoms with Crippen LogP contribution in [-0.4, -0.2) is 221 Å². The van der Waals surface area contributed by atoms with Crippen LogP contribution in [0, 0.1) is 11.3 Å². The standard InChI is InChI=1S/C27H27N7O2.C26H25F3N6O2.C25H24N8O.C24H28N6O2/c1-28-26(35)21-9-8-18(13-30-21)22-12-17-4-3-5-19(20(17)14-31-22)24-23-15-33(27(36)29-2)10-11-34(23)25(32-24)16-6-7-16;1-30-25(36)34-9-10-35-21(14-34)23(32-24(35)15-3-4-15)17-5-7-31-20-11-18(16-6-8-33(2)13-16)22(12-19(17)20)37-26(27,28)29;1-27-25(34)32-8-9-33-21(14-32)23(30-24(33)15-6-7-15)18-4-3-5-20-19(18)10-16(11-26)22(29-20)17-12-28-31(2)13-17;1-25-24(31)29-7-8-30-20(15-29)22(27-23(30)16-5-6-16)18-4-2-3-17-13-21(26-14-19(17)18)28-9-11-32-12-10-28/h3-5,8-9,12-14,16H,6-7,10-11,15H2,1-2H3,(H,28,35)(H,29,36);5-8,11-13,15H,3-4,9-10,14H2,1-2H3,(H,30,36);3-5,10,12-13,15H,6-9,14H2,1-2H3,(H,27,34);2-4,13-14,16H,5-12,15H2,1H3,(H,25,31). The first-order valence-electron chi connectivity index (χ1n) is 47.3. The van der Waals surface area contributed by atoms with Crippen molar-refractivity contribution < 1.29 is 46.6 Å². The van der Waals surface area contributed by atoms with Gasteiger partial charge in [0.25, 0.3) is 5.91 Å². The normalized spacial score (nSPS) is 16.1. The molecule has 16 heterocycles. The minimum absolute atomic E-state index is 0.0360. The fourth-order valence-electron chi connectivity index (χ4n) is 19.8. The van der Waals surface area contributed by atoms with Crippen molar-refractivity contribution in [1.82, 2.24) is 124 Å². The molecule has 9 aliphatic rings. The van der Waals surface area contributed by atoms with Gasteiger partial charge in [0, 0.05) is 248 Å². The molecule has 0 radical (unpaired) electrons. The predicted octanol–water partition coefficient (Wildman–Crippen LogP) is 15.0. The highest BCUT2D eigenvalue weighted by Crippen LogP contribution is 2.50. The lowest BCUT2D eigenvalue weighted by atomic mass is 9.99. The molecule has 4 aliphatic carbocycles. The molecule has 0 bridgehead atoms. The second-order valence-electron chi connectivity index (χ2n) is 36.6. The van der Waals surface area contributed by atoms with Crippen LogP contribution in [0.3, 0.4) is 0 Å². The van der Waals surface area contributed by atoms with E-state index in [1.54, 1.807) is 112 Å². The number of halogens is 3. The van der Waals surface area contributed by atoms with Crippen LogP contribution < -0.4 is 36.2 Å². The summed E-state index contributed by atoms with van der Waals surface area (Å²) >= 11 is 0. The fourth-order valence-corrected chi connectivity index (χ4v) is 19.8. The Bertz CT molecular complexity index is 7410. The van der Waals surface area contributed by atoms with Gasteiger partial charge in [-0.2, -0.15) is 10.4 Å². The quantitative estimate of drug-likeness (QED) is 0.0675. The molecule has 0 spiro atoms. The molecular formula is C102H104F3N27O7. The van der Waals surface area contributed by atoms with E-state index in [0.717, 1.165) is 201 Å². The number of hydrogen-bond donors (Lipinski definition) is 5. The zero-order chi connectivity index (χ0) is 95.8. The summed E-state index contributed by atoms with van der Waals surface area (Å²) in [5.74, 6) is 6.78. The number of rotatable bonds is 14. The maximum Gasteiger partial charge on any atom is 0.573 e. The number of alkyl halides is 3. The molecule has 1 saturated heterocycles. The van der Waals surface area contributed by atoms with Crippen molar-refractivity contribution in [2.45, 2.75) is 134 Å². The van der Waals surface area contributed by atoms with Crippen LogP contribution in [0.5, 0.6) is 5.75 Å². The SMILES string of the molecule is CNC(=O)N1CCn2c(C3CC3)nc(-c3cccc4cc(N5CCOCC5)ncc34)c2C1.CNC(=O)N1CCn2c(C3CC3)nc(-c3cccc4nc(-c5cnn(C)c5)c(C#N)cc34)c2C1.CNC(=O)N1CCn2c(C3CC3)nc(-c3ccnc4cc(-c5ccn(C)c5)c(OC(F)(F)F)cc34)c2C1.CNC(=O)c1ccc(-c2cc3cccc(-c4nc(C5CC5)n5c4CN(C(=O)NC)CC5)c3cn2)cn1. The van der Waals surface area contributed by atoms with E-state index in [4.69, 9.17) is 39.6 Å². The van der Waals surface area contributed by atoms with E-state index in [1.165, 1.54) is 37.6 Å². The third-order valence-corrected chi connectivity index (χ3v) is 27.5. The van der Waals surface area contributed by atoms with Gasteiger partial charge in [-0.1, -0.05) is 48.5 Å². The average molecular weight is 1880 g/mol. The maximum absolute atomic E-state index is 13.4. The third-order valence-electron chi connectivity index (χ3n) is 27.5. The maximum atomic E-state index is 13.4. The van der Waals surface area contributed by atoms with Crippen molar-refractivity contribution in [2.24, 2.45) is 14.1 Å². The molecule has 9 amide bonds. The van der Waals surface area contributed by atoms with Gasteiger partial charge in [0.1, 0.15) is 46.6 Å². The summed E-state index contributed by atoms with van der Waals surface area (Å²) in [5, 5.41) is 33.4. The fraction of sp³-hybridized carbons (Fsp3) is 0.353. The number of ether oxygens (including phenoxy) is 2. The summed E-state index contributed by atoms with van der Waals surface area (Å²) in [6.45, 7) is 10.7. The summed E-state index contributed by atoms with van der Waals surface area (Å²) in [5.41, 5.74) is 17.4. The lowest BCUT2D eigenvalue weighted by Gasteiger charge is -2.29. The molecule has 5 fully saturated rings. The van der Waals surface area contributed by atoms with E-state index < -0.39 is 6.36 Å². The Morgan fingerprint density at radius 3 is 1.35 bits per heavy atom. The van der Waals surface area contributed by atoms with Gasteiger partial charge in [0.2, 0.25) is 0 Å². The topological polar surface area (TPSA) is 362 Å². The number of amides is 9. The highest BCUT2D eigenvalue weighted by molar-refractivity contribution is 6.02. The van der Waals surface area contributed by atoms with Gasteiger partial charge in [0.05, 0.1) is 119 Å². The first-order valence-corrected chi connectivity index (χ1v) is 47.3. The molecular weight excluding hydrogens is 1770 g/mol. The Morgan fingerprint density at radius 1 is 0.439 bits per heavy atom. The summed E-state index contributed by atoms with van der Waals surface area (Å²) in [4.78, 5) is 114. The van der Waals surface area contributed by atoms with E-state index in [-0.39, 0.29) is 35.8 Å². The van der Waals surface area contributed by atoms with Gasteiger partial charge in [-0.25, -0.2) is 49.1 Å². The lowest BCUT2D eigenvalue weighted by molar-refractivity contribution is -0.274. The van der Waals surface area contributed by atoms with Crippen LogP contribution in [0.2, 0.25) is 0 Å². The number of fused-ring (bicyclic) bond motifs is 8. The minimum Gasteiger partial charge on any atom is -0.405 e. The number of nitrogens with zero attached hydrogens (tertiary/aromatic N) is 22. The Morgan fingerprint density at radius 2 is 0.914 bits per heavy atom. The van der Waals surface area contributed by atoms with Crippen LogP contribution in [0.25, 0.3) is 122 Å². The molecule has 37 heteroatoms. The largest absolute Gasteiger partial charge is 0.573 e. The second-order valence-corrected chi connectivity index (χ2v) is 36.6. The van der Waals surface area contributed by atoms with Crippen molar-refractivity contribution in [3.05, 3.63) is 216 Å². The number of urea groups is 4. The number of carbonyl (C=O) groups is 5. The Hall–Kier alpha value is -15.6. The van der Waals surface area contributed by atoms with Crippen LogP contribution in [-0.2, 0) is 71.2 Å². The van der Waals surface area contributed by atoms with E-state index in [0.29, 0.717) is 133 Å². The number of benzene rings is 4. The molecule has 11 aromatic heterocycles. The van der Waals surface area contributed by atoms with Crippen LogP contribution in [0.4, 0.5) is 38.2 Å². The van der Waals surface area contributed by atoms with Crippen LogP contribution in [0.1, 0.15) is 137 Å². The molecule has 710 valence electrons. The average Bonchev–Trinajstić information content (AvgIpc) is 1.60. The van der Waals surface area contributed by atoms with E-state index in [2.05, 4.69) is 112 Å². The number of nitrogens with one attached hydrogen (secondary N) is 5. The van der Waals surface area contributed by atoms with Crippen molar-refractivity contribution in [3.8, 4) is 90.5 Å². The van der Waals surface area contributed by atoms with Crippen LogP contribution >= 0.6 is 0 Å². The number of carbonyl (C=O) groups excluding carboxylic acids is 5. The number of nitriles is 1. The molecule has 34 nitrogen and oxygen atoms in total. The smallest absolute Gasteiger partial charge is 0.405 e. The molecule has 4 saturated carbocycles. The number of morpholine rings is 1. The van der Waals surface area contributed by atoms with Crippen LogP contribution in [0.15, 0.2) is 159 Å². The van der Waals surface area contributed by atoms with Gasteiger partial charge >= 0.3 is 30.5 Å². The van der Waals surface area contributed by atoms with Gasteiger partial charge in [-0.05, 0) is 123 Å². The summed E-state index contributed by atoms with van der Waals surface area (Å²) in [6.07, 6.45) is 18.5. The van der Waals surface area contributed by atoms with Crippen molar-refractivity contribution >= 4 is 79.2 Å². The first kappa shape index (κ1) is 89.9. The molecule has 5 aliphatic heterocycles. The van der Waals surface area contributed by atoms with E-state index in [1.807, 2.05) is 82.8 Å². The van der Waals surface area contributed by atoms with E-state index >= 15 is 0 Å². The Kier molecular flexibility index (Phi) is 24.0. The highest BCUT2D eigenvalue weighted by Gasteiger charge is 2.42. The number of imidazole rings is 4. The van der Waals surface area contributed by atoms with Gasteiger partial charge in [-0.3, -0.25) is 24.4 Å². The number of hydrogen-bond acceptors (Lipinski definition) is 19. The van der Waals surface area contributed by atoms with Crippen molar-refractivity contribution in [3.63, 3.8) is 0 Å². The zero-order valence-electron chi connectivity index (χ0n) is 78.1. The van der Waals surface area contributed by atoms with Crippen molar-refractivity contribution in [1.29, 1.82) is 5.26 Å². The minimum atomic E-state index is -4.86. The summed E-state index contributed by atoms with van der Waals surface area (Å²) < 4.78 is 62.9. The summed E-state index contributed by atoms with van der Waals surface area (Å²) in [7, 11) is 11.8. The van der Waals surface area contributed by atoms with Crippen molar-refractivity contribution in [2.75, 3.05) is 92.6 Å². The molecule has 0 unspecified atom stereocenters. The highest BCUT2D eigenvalue weighted by atomic mass is 19.4. The van der Waals surface area contributed by atoms with Gasteiger partial charge < -0.3 is 83.4 Å². The third kappa shape index (κ3) is 17.8. The number of aromatic nitrogens is 16. The first-order chi connectivity index (χ1) is 67.6. The summed E-state index contributed by atoms with van der Waals surface area (Å²) in [6, 6.07) is 36.7. The number of pyridine rings is 5. The number of anilines is 1. The molecule has 0 atom stereocenters. The Labute approximate surface area is 797 Å². The monoisotopic (exact) mass is 1880 g/mol. The molecule has 139 heavy (non-hydrogen) atoms. The predicted molar refractivity (Wildman–Crippen MR) is 517 cm³/mol. The van der Waals surface area contributed by atoms with E-state index in [9.17, 15) is 42.4 Å². The zero-order valence-corrected chi connectivity index (χ0v) is 78.1. The Balaban J connectivity index is 0.000000110. The second kappa shape index (κ2) is 37.1. The van der Waals surface area contributed by atoms with Gasteiger partial charge in [-0.15, -0.1) is 13.2 Å². The lowest BCUT2D eigenvalue weighted by Crippen LogP contribution is -2.43. The number of aryl methyl sites for hydroxylation is 2. The molecule has 15 aromatic rings. The molecule has 24 rings (SSSR count). The molecule has 5 N–H and O–H groups in total.